The first-order chi connectivity index (χ1) is 15.1. The van der Waals surface area contributed by atoms with Crippen LogP contribution in [0.5, 0.6) is 0 Å². The molecule has 5 rings (SSSR count). The highest BCUT2D eigenvalue weighted by molar-refractivity contribution is 6.00. The molecule has 0 spiro atoms. The molecule has 1 aliphatic heterocycles. The van der Waals surface area contributed by atoms with Crippen molar-refractivity contribution in [3.8, 4) is 6.07 Å². The second-order valence-corrected chi connectivity index (χ2v) is 8.32. The molecule has 1 aromatic carbocycles. The summed E-state index contributed by atoms with van der Waals surface area (Å²) >= 11 is 0. The fourth-order valence-electron chi connectivity index (χ4n) is 4.70. The Balaban J connectivity index is 1.46. The molecule has 0 bridgehead atoms. The summed E-state index contributed by atoms with van der Waals surface area (Å²) in [5.74, 6) is 1.12. The van der Waals surface area contributed by atoms with E-state index in [0.717, 1.165) is 29.7 Å². The lowest BCUT2D eigenvalue weighted by molar-refractivity contribution is 0.0950. The molecule has 1 aliphatic carbocycles. The van der Waals surface area contributed by atoms with Crippen LogP contribution in [0.2, 0.25) is 0 Å². The van der Waals surface area contributed by atoms with Crippen molar-refractivity contribution >= 4 is 22.6 Å². The number of hydrogen-bond acceptors (Lipinski definition) is 5. The van der Waals surface area contributed by atoms with Gasteiger partial charge < -0.3 is 15.0 Å². The molecular weight excluding hydrogens is 392 g/mol. The second kappa shape index (κ2) is 7.64. The first kappa shape index (κ1) is 19.5. The van der Waals surface area contributed by atoms with Gasteiger partial charge in [-0.2, -0.15) is 5.26 Å². The summed E-state index contributed by atoms with van der Waals surface area (Å²) in [4.78, 5) is 32.9. The van der Waals surface area contributed by atoms with E-state index >= 15 is 0 Å². The normalized spacial score (nSPS) is 21.5. The number of ether oxygens (including phenoxy) is 1. The maximum absolute atomic E-state index is 13.0. The van der Waals surface area contributed by atoms with Crippen LogP contribution in [0.15, 0.2) is 36.4 Å². The summed E-state index contributed by atoms with van der Waals surface area (Å²) in [5.41, 5.74) is 3.75. The molecule has 1 amide bonds. The number of carbonyl (C=O) groups excluding carboxylic acids is 2. The highest BCUT2D eigenvalue weighted by Gasteiger charge is 2.54. The molecule has 2 N–H and O–H groups in total. The van der Waals surface area contributed by atoms with Crippen LogP contribution in [0.1, 0.15) is 44.2 Å². The standard InChI is InChI=1S/C24H22N4O3/c1-26-24(30)22-7-14(23(29)9-18-19-11-31-12-20(18)19)6-15(27-22)5-13-3-2-4-21-17(13)8-16(10-25)28-21/h2-4,6-8,18-20,28H,5,9,11-12H2,1H3,(H,26,30)/t18?,19-,20+. The number of nitriles is 1. The molecule has 0 radical (unpaired) electrons. The van der Waals surface area contributed by atoms with Crippen LogP contribution in [0.25, 0.3) is 10.9 Å². The molecule has 1 saturated carbocycles. The van der Waals surface area contributed by atoms with Crippen molar-refractivity contribution in [3.63, 3.8) is 0 Å². The minimum Gasteiger partial charge on any atom is -0.381 e. The van der Waals surface area contributed by atoms with E-state index < -0.39 is 0 Å². The van der Waals surface area contributed by atoms with Crippen molar-refractivity contribution in [1.29, 1.82) is 5.26 Å². The van der Waals surface area contributed by atoms with Gasteiger partial charge in [-0.25, -0.2) is 4.98 Å². The Kier molecular flexibility index (Phi) is 4.79. The monoisotopic (exact) mass is 414 g/mol. The summed E-state index contributed by atoms with van der Waals surface area (Å²) < 4.78 is 5.42. The lowest BCUT2D eigenvalue weighted by Gasteiger charge is -2.10. The van der Waals surface area contributed by atoms with Gasteiger partial charge in [0.15, 0.2) is 5.78 Å². The van der Waals surface area contributed by atoms with Crippen molar-refractivity contribution in [3.05, 3.63) is 64.6 Å². The molecule has 1 saturated heterocycles. The van der Waals surface area contributed by atoms with Crippen molar-refractivity contribution in [2.45, 2.75) is 12.8 Å². The zero-order valence-corrected chi connectivity index (χ0v) is 17.1. The van der Waals surface area contributed by atoms with Gasteiger partial charge in [0.25, 0.3) is 5.91 Å². The number of pyridine rings is 1. The number of fused-ring (bicyclic) bond motifs is 2. The van der Waals surface area contributed by atoms with Gasteiger partial charge in [0.05, 0.1) is 13.2 Å². The van der Waals surface area contributed by atoms with Gasteiger partial charge in [0, 0.05) is 42.0 Å². The molecule has 2 fully saturated rings. The molecule has 2 aliphatic rings. The van der Waals surface area contributed by atoms with Gasteiger partial charge in [-0.3, -0.25) is 9.59 Å². The number of nitrogens with zero attached hydrogens (tertiary/aromatic N) is 2. The van der Waals surface area contributed by atoms with Gasteiger partial charge in [0.2, 0.25) is 0 Å². The maximum Gasteiger partial charge on any atom is 0.269 e. The number of hydrogen-bond donors (Lipinski definition) is 2. The van der Waals surface area contributed by atoms with E-state index in [2.05, 4.69) is 21.4 Å². The molecule has 2 aromatic heterocycles. The number of H-pyrrole nitrogens is 1. The number of benzene rings is 1. The quantitative estimate of drug-likeness (QED) is 0.603. The maximum atomic E-state index is 13.0. The molecule has 31 heavy (non-hydrogen) atoms. The molecule has 3 heterocycles. The highest BCUT2D eigenvalue weighted by atomic mass is 16.5. The predicted molar refractivity (Wildman–Crippen MR) is 114 cm³/mol. The van der Waals surface area contributed by atoms with Crippen LogP contribution in [0.4, 0.5) is 0 Å². The summed E-state index contributed by atoms with van der Waals surface area (Å²) in [5, 5.41) is 12.7. The third-order valence-corrected chi connectivity index (χ3v) is 6.46. The number of Topliss-reactive ketones (excluding diaryl/α,β-unsaturated/α-hetero) is 1. The molecule has 156 valence electrons. The Hall–Kier alpha value is -3.50. The zero-order chi connectivity index (χ0) is 21.5. The number of ketones is 1. The van der Waals surface area contributed by atoms with Crippen LogP contribution in [-0.2, 0) is 11.2 Å². The predicted octanol–water partition coefficient (Wildman–Crippen LogP) is 2.85. The Morgan fingerprint density at radius 2 is 2.06 bits per heavy atom. The second-order valence-electron chi connectivity index (χ2n) is 8.32. The smallest absolute Gasteiger partial charge is 0.269 e. The van der Waals surface area contributed by atoms with Crippen LogP contribution in [-0.4, -0.2) is 41.9 Å². The van der Waals surface area contributed by atoms with Crippen molar-refractivity contribution in [2.24, 2.45) is 17.8 Å². The van der Waals surface area contributed by atoms with E-state index in [1.54, 1.807) is 19.2 Å². The first-order valence-electron chi connectivity index (χ1n) is 10.4. The third-order valence-electron chi connectivity index (χ3n) is 6.46. The summed E-state index contributed by atoms with van der Waals surface area (Å²) in [6.07, 6.45) is 0.932. The number of aromatic nitrogens is 2. The number of nitrogens with one attached hydrogen (secondary N) is 2. The number of aromatic amines is 1. The van der Waals surface area contributed by atoms with E-state index in [1.165, 1.54) is 0 Å². The van der Waals surface area contributed by atoms with E-state index in [-0.39, 0.29) is 17.4 Å². The molecular formula is C24H22N4O3. The largest absolute Gasteiger partial charge is 0.381 e. The molecule has 3 atom stereocenters. The number of rotatable bonds is 6. The lowest BCUT2D eigenvalue weighted by atomic mass is 9.99. The van der Waals surface area contributed by atoms with Crippen LogP contribution >= 0.6 is 0 Å². The van der Waals surface area contributed by atoms with Crippen LogP contribution in [0, 0.1) is 29.1 Å². The van der Waals surface area contributed by atoms with E-state index in [9.17, 15) is 14.9 Å². The summed E-state index contributed by atoms with van der Waals surface area (Å²) in [6, 6.07) is 13.1. The zero-order valence-electron chi connectivity index (χ0n) is 17.1. The van der Waals surface area contributed by atoms with E-state index in [1.807, 2.05) is 24.3 Å². The molecule has 1 unspecified atom stereocenters. The average molecular weight is 414 g/mol. The fraction of sp³-hybridized carbons (Fsp3) is 0.333. The van der Waals surface area contributed by atoms with Crippen LogP contribution < -0.4 is 5.32 Å². The highest BCUT2D eigenvalue weighted by Crippen LogP contribution is 2.52. The fourth-order valence-corrected chi connectivity index (χ4v) is 4.70. The first-order valence-corrected chi connectivity index (χ1v) is 10.4. The van der Waals surface area contributed by atoms with Crippen LogP contribution in [0.3, 0.4) is 0 Å². The number of carbonyl (C=O) groups is 2. The average Bonchev–Trinajstić information content (AvgIpc) is 3.16. The third kappa shape index (κ3) is 3.60. The van der Waals surface area contributed by atoms with E-state index in [0.29, 0.717) is 47.5 Å². The molecule has 7 nitrogen and oxygen atoms in total. The minimum absolute atomic E-state index is 0.0415. The number of amides is 1. The van der Waals surface area contributed by atoms with Crippen molar-refractivity contribution in [2.75, 3.05) is 20.3 Å². The Labute approximate surface area is 179 Å². The topological polar surface area (TPSA) is 108 Å². The van der Waals surface area contributed by atoms with Gasteiger partial charge in [-0.1, -0.05) is 12.1 Å². The SMILES string of the molecule is CNC(=O)c1cc(C(=O)CC2[C@H]3COC[C@@H]23)cc(Cc2cccc3[nH]c(C#N)cc23)n1. The van der Waals surface area contributed by atoms with Gasteiger partial charge in [-0.05, 0) is 47.6 Å². The Bertz CT molecular complexity index is 1230. The summed E-state index contributed by atoms with van der Waals surface area (Å²) in [6.45, 7) is 1.50. The van der Waals surface area contributed by atoms with Crippen molar-refractivity contribution in [1.82, 2.24) is 15.3 Å². The lowest BCUT2D eigenvalue weighted by Crippen LogP contribution is -2.21. The molecule has 3 aromatic rings. The Morgan fingerprint density at radius 1 is 1.26 bits per heavy atom. The van der Waals surface area contributed by atoms with Gasteiger partial charge in [0.1, 0.15) is 17.5 Å². The van der Waals surface area contributed by atoms with Gasteiger partial charge >= 0.3 is 0 Å². The molecule has 7 heteroatoms. The summed E-state index contributed by atoms with van der Waals surface area (Å²) in [7, 11) is 1.55. The minimum atomic E-state index is -0.320. The van der Waals surface area contributed by atoms with Crippen molar-refractivity contribution < 1.29 is 14.3 Å². The van der Waals surface area contributed by atoms with E-state index in [4.69, 9.17) is 4.74 Å². The van der Waals surface area contributed by atoms with Gasteiger partial charge in [-0.15, -0.1) is 0 Å². The Morgan fingerprint density at radius 3 is 2.81 bits per heavy atom.